The lowest BCUT2D eigenvalue weighted by atomic mass is 10.1. The molecule has 20 heavy (non-hydrogen) atoms. The molecule has 5 nitrogen and oxygen atoms in total. The van der Waals surface area contributed by atoms with Crippen LogP contribution in [0.15, 0.2) is 0 Å². The van der Waals surface area contributed by atoms with E-state index in [-0.39, 0.29) is 5.91 Å². The van der Waals surface area contributed by atoms with Crippen LogP contribution in [0, 0.1) is 13.8 Å². The van der Waals surface area contributed by atoms with Crippen LogP contribution < -0.4 is 5.32 Å². The molecule has 0 saturated carbocycles. The SMILES string of the molecule is Cc1[nH]c(C=O)c(C)c1CC(=O)NCCN1CCCC1. The number of likely N-dealkylation sites (tertiary alicyclic amines) is 1. The van der Waals surface area contributed by atoms with Crippen LogP contribution in [0.2, 0.25) is 0 Å². The monoisotopic (exact) mass is 277 g/mol. The molecule has 1 aromatic heterocycles. The van der Waals surface area contributed by atoms with Crippen LogP contribution in [0.4, 0.5) is 0 Å². The van der Waals surface area contributed by atoms with Gasteiger partial charge in [-0.1, -0.05) is 0 Å². The molecule has 1 amide bonds. The highest BCUT2D eigenvalue weighted by Gasteiger charge is 2.15. The average Bonchev–Trinajstić information content (AvgIpc) is 3.02. The summed E-state index contributed by atoms with van der Waals surface area (Å²) in [4.78, 5) is 28.2. The van der Waals surface area contributed by atoms with Crippen LogP contribution in [-0.4, -0.2) is 48.3 Å². The van der Waals surface area contributed by atoms with E-state index in [1.54, 1.807) is 0 Å². The van der Waals surface area contributed by atoms with Crippen molar-refractivity contribution in [2.45, 2.75) is 33.1 Å². The predicted octanol–water partition coefficient (Wildman–Crippen LogP) is 1.20. The number of nitrogens with one attached hydrogen (secondary N) is 2. The molecular weight excluding hydrogens is 254 g/mol. The van der Waals surface area contributed by atoms with Crippen molar-refractivity contribution >= 4 is 12.2 Å². The van der Waals surface area contributed by atoms with Crippen LogP contribution >= 0.6 is 0 Å². The molecule has 0 bridgehead atoms. The molecule has 1 aromatic rings. The van der Waals surface area contributed by atoms with Gasteiger partial charge >= 0.3 is 0 Å². The summed E-state index contributed by atoms with van der Waals surface area (Å²) in [5.41, 5.74) is 3.29. The molecule has 2 rings (SSSR count). The number of nitrogens with zero attached hydrogens (tertiary/aromatic N) is 1. The molecule has 0 aromatic carbocycles. The number of aromatic amines is 1. The summed E-state index contributed by atoms with van der Waals surface area (Å²) >= 11 is 0. The van der Waals surface area contributed by atoms with Gasteiger partial charge in [-0.05, 0) is 50.9 Å². The zero-order chi connectivity index (χ0) is 14.5. The minimum absolute atomic E-state index is 0.0202. The maximum absolute atomic E-state index is 12.0. The molecule has 0 aliphatic carbocycles. The van der Waals surface area contributed by atoms with Gasteiger partial charge in [0.25, 0.3) is 0 Å². The summed E-state index contributed by atoms with van der Waals surface area (Å²) in [5.74, 6) is 0.0202. The molecule has 2 N–H and O–H groups in total. The highest BCUT2D eigenvalue weighted by atomic mass is 16.1. The van der Waals surface area contributed by atoms with E-state index in [1.165, 1.54) is 12.8 Å². The maximum atomic E-state index is 12.0. The van der Waals surface area contributed by atoms with Gasteiger partial charge in [-0.15, -0.1) is 0 Å². The summed E-state index contributed by atoms with van der Waals surface area (Å²) in [6.45, 7) is 7.69. The van der Waals surface area contributed by atoms with Crippen LogP contribution in [0.25, 0.3) is 0 Å². The van der Waals surface area contributed by atoms with Gasteiger partial charge in [-0.2, -0.15) is 0 Å². The Morgan fingerprint density at radius 2 is 2.05 bits per heavy atom. The summed E-state index contributed by atoms with van der Waals surface area (Å²) in [6.07, 6.45) is 3.67. The second-order valence-corrected chi connectivity index (χ2v) is 5.46. The topological polar surface area (TPSA) is 65.2 Å². The van der Waals surface area contributed by atoms with E-state index in [0.717, 1.165) is 42.7 Å². The largest absolute Gasteiger partial charge is 0.356 e. The number of aldehydes is 1. The Morgan fingerprint density at radius 3 is 2.65 bits per heavy atom. The van der Waals surface area contributed by atoms with Crippen molar-refractivity contribution in [3.63, 3.8) is 0 Å². The Morgan fingerprint density at radius 1 is 1.35 bits per heavy atom. The third-order valence-electron chi connectivity index (χ3n) is 4.04. The van der Waals surface area contributed by atoms with Gasteiger partial charge in [0.05, 0.1) is 12.1 Å². The zero-order valence-electron chi connectivity index (χ0n) is 12.3. The van der Waals surface area contributed by atoms with E-state index in [9.17, 15) is 9.59 Å². The Bertz CT molecular complexity index is 488. The molecule has 0 spiro atoms. The third-order valence-corrected chi connectivity index (χ3v) is 4.04. The van der Waals surface area contributed by atoms with Gasteiger partial charge in [0, 0.05) is 18.8 Å². The van der Waals surface area contributed by atoms with E-state index in [4.69, 9.17) is 0 Å². The minimum atomic E-state index is 0.0202. The van der Waals surface area contributed by atoms with Crippen LogP contribution in [0.1, 0.15) is 40.2 Å². The lowest BCUT2D eigenvalue weighted by Crippen LogP contribution is -2.34. The number of H-pyrrole nitrogens is 1. The summed E-state index contributed by atoms with van der Waals surface area (Å²) in [5, 5.41) is 2.96. The second-order valence-electron chi connectivity index (χ2n) is 5.46. The van der Waals surface area contributed by atoms with Crippen LogP contribution in [0.5, 0.6) is 0 Å². The van der Waals surface area contributed by atoms with Gasteiger partial charge in [0.2, 0.25) is 5.91 Å². The van der Waals surface area contributed by atoms with Crippen molar-refractivity contribution in [3.8, 4) is 0 Å². The van der Waals surface area contributed by atoms with Crippen molar-refractivity contribution in [2.75, 3.05) is 26.2 Å². The second kappa shape index (κ2) is 6.70. The molecule has 0 atom stereocenters. The molecule has 110 valence electrons. The fraction of sp³-hybridized carbons (Fsp3) is 0.600. The molecule has 1 fully saturated rings. The molecule has 0 unspecified atom stereocenters. The lowest BCUT2D eigenvalue weighted by molar-refractivity contribution is -0.120. The number of aromatic nitrogens is 1. The molecule has 0 radical (unpaired) electrons. The summed E-state index contributed by atoms with van der Waals surface area (Å²) in [7, 11) is 0. The standard InChI is InChI=1S/C15H23N3O2/c1-11-13(12(2)17-14(11)10-19)9-15(20)16-5-8-18-6-3-4-7-18/h10,17H,3-9H2,1-2H3,(H,16,20). The van der Waals surface area contributed by atoms with E-state index >= 15 is 0 Å². The number of hydrogen-bond donors (Lipinski definition) is 2. The number of aryl methyl sites for hydroxylation is 1. The summed E-state index contributed by atoms with van der Waals surface area (Å²) < 4.78 is 0. The van der Waals surface area contributed by atoms with E-state index in [2.05, 4.69) is 15.2 Å². The van der Waals surface area contributed by atoms with Crippen LogP contribution in [0.3, 0.4) is 0 Å². The van der Waals surface area contributed by atoms with Gasteiger partial charge in [-0.25, -0.2) is 0 Å². The van der Waals surface area contributed by atoms with Crippen LogP contribution in [-0.2, 0) is 11.2 Å². The number of carbonyl (C=O) groups excluding carboxylic acids is 2. The Labute approximate surface area is 119 Å². The first-order chi connectivity index (χ1) is 9.61. The van der Waals surface area contributed by atoms with Gasteiger partial charge in [0.15, 0.2) is 6.29 Å². The molecule has 1 saturated heterocycles. The van der Waals surface area contributed by atoms with E-state index in [1.807, 2.05) is 13.8 Å². The zero-order valence-corrected chi connectivity index (χ0v) is 12.3. The minimum Gasteiger partial charge on any atom is -0.356 e. The highest BCUT2D eigenvalue weighted by Crippen LogP contribution is 2.17. The van der Waals surface area contributed by atoms with Crippen molar-refractivity contribution in [1.29, 1.82) is 0 Å². The average molecular weight is 277 g/mol. The van der Waals surface area contributed by atoms with Crippen molar-refractivity contribution < 1.29 is 9.59 Å². The first-order valence-electron chi connectivity index (χ1n) is 7.24. The number of carbonyl (C=O) groups is 2. The van der Waals surface area contributed by atoms with E-state index in [0.29, 0.717) is 18.7 Å². The third kappa shape index (κ3) is 3.48. The quantitative estimate of drug-likeness (QED) is 0.768. The van der Waals surface area contributed by atoms with Crippen molar-refractivity contribution in [1.82, 2.24) is 15.2 Å². The Hall–Kier alpha value is -1.62. The van der Waals surface area contributed by atoms with Gasteiger partial charge in [0.1, 0.15) is 0 Å². The maximum Gasteiger partial charge on any atom is 0.224 e. The fourth-order valence-corrected chi connectivity index (χ4v) is 2.78. The fourth-order valence-electron chi connectivity index (χ4n) is 2.78. The normalized spacial score (nSPS) is 15.5. The van der Waals surface area contributed by atoms with Crippen molar-refractivity contribution in [2.24, 2.45) is 0 Å². The molecule has 5 heteroatoms. The lowest BCUT2D eigenvalue weighted by Gasteiger charge is -2.14. The Balaban J connectivity index is 1.81. The molecule has 1 aliphatic heterocycles. The smallest absolute Gasteiger partial charge is 0.224 e. The van der Waals surface area contributed by atoms with Gasteiger partial charge < -0.3 is 15.2 Å². The van der Waals surface area contributed by atoms with E-state index < -0.39 is 0 Å². The number of hydrogen-bond acceptors (Lipinski definition) is 3. The number of rotatable bonds is 6. The Kier molecular flexibility index (Phi) is 4.95. The first-order valence-corrected chi connectivity index (χ1v) is 7.24. The molecular formula is C15H23N3O2. The molecule has 2 heterocycles. The molecule has 1 aliphatic rings. The summed E-state index contributed by atoms with van der Waals surface area (Å²) in [6, 6.07) is 0. The first kappa shape index (κ1) is 14.8. The predicted molar refractivity (Wildman–Crippen MR) is 78.0 cm³/mol. The highest BCUT2D eigenvalue weighted by molar-refractivity contribution is 5.82. The van der Waals surface area contributed by atoms with Gasteiger partial charge in [-0.3, -0.25) is 9.59 Å². The number of amides is 1. The van der Waals surface area contributed by atoms with Crippen molar-refractivity contribution in [3.05, 3.63) is 22.5 Å².